The zero-order valence-electron chi connectivity index (χ0n) is 12.3. The molecule has 0 aromatic heterocycles. The summed E-state index contributed by atoms with van der Waals surface area (Å²) in [7, 11) is -2.87. The Morgan fingerprint density at radius 1 is 1.21 bits per heavy atom. The largest absolute Gasteiger partial charge is 0.310 e. The van der Waals surface area contributed by atoms with E-state index in [1.165, 1.54) is 32.2 Å². The van der Waals surface area contributed by atoms with Crippen LogP contribution in [-0.4, -0.2) is 56.5 Å². The van der Waals surface area contributed by atoms with Crippen LogP contribution in [0.1, 0.15) is 45.4 Å². The first-order valence-electron chi connectivity index (χ1n) is 7.62. The van der Waals surface area contributed by atoms with Crippen molar-refractivity contribution in [3.05, 3.63) is 0 Å². The van der Waals surface area contributed by atoms with Gasteiger partial charge in [0.1, 0.15) is 9.84 Å². The summed E-state index contributed by atoms with van der Waals surface area (Å²) in [4.78, 5) is 2.51. The first-order valence-corrected chi connectivity index (χ1v) is 9.58. The molecule has 1 heterocycles. The molecule has 0 aromatic rings. The highest BCUT2D eigenvalue weighted by atomic mass is 32.2. The molecule has 1 aliphatic heterocycles. The van der Waals surface area contributed by atoms with Crippen molar-refractivity contribution in [2.24, 2.45) is 0 Å². The second kappa shape index (κ2) is 6.55. The molecule has 2 rings (SSSR count). The van der Waals surface area contributed by atoms with E-state index in [0.717, 1.165) is 32.2 Å². The fourth-order valence-electron chi connectivity index (χ4n) is 3.49. The van der Waals surface area contributed by atoms with Gasteiger partial charge in [-0.15, -0.1) is 0 Å². The average molecular weight is 288 g/mol. The molecule has 4 nitrogen and oxygen atoms in total. The predicted octanol–water partition coefficient (Wildman–Crippen LogP) is 1.42. The third-order valence-electron chi connectivity index (χ3n) is 4.48. The minimum Gasteiger partial charge on any atom is -0.310 e. The SMILES string of the molecule is CC(CN1CCCC1)NC1CCCC(S(C)(=O)=O)C1. The Morgan fingerprint density at radius 2 is 1.89 bits per heavy atom. The van der Waals surface area contributed by atoms with Gasteiger partial charge in [0.2, 0.25) is 0 Å². The molecule has 0 aromatic carbocycles. The second-order valence-electron chi connectivity index (χ2n) is 6.39. The highest BCUT2D eigenvalue weighted by Gasteiger charge is 2.29. The molecule has 2 aliphatic rings. The highest BCUT2D eigenvalue weighted by Crippen LogP contribution is 2.24. The van der Waals surface area contributed by atoms with Gasteiger partial charge in [-0.05, 0) is 52.1 Å². The van der Waals surface area contributed by atoms with E-state index in [2.05, 4.69) is 17.1 Å². The molecule has 5 heteroatoms. The molecule has 0 bridgehead atoms. The number of rotatable bonds is 5. The van der Waals surface area contributed by atoms with E-state index in [0.29, 0.717) is 12.1 Å². The molecule has 1 saturated heterocycles. The molecule has 1 N–H and O–H groups in total. The lowest BCUT2D eigenvalue weighted by Gasteiger charge is -2.32. The van der Waals surface area contributed by atoms with Crippen molar-refractivity contribution >= 4 is 9.84 Å². The van der Waals surface area contributed by atoms with Crippen LogP contribution in [0.5, 0.6) is 0 Å². The maximum atomic E-state index is 11.7. The highest BCUT2D eigenvalue weighted by molar-refractivity contribution is 7.91. The number of nitrogens with one attached hydrogen (secondary N) is 1. The molecule has 112 valence electrons. The summed E-state index contributed by atoms with van der Waals surface area (Å²) in [5.41, 5.74) is 0. The number of likely N-dealkylation sites (tertiary alicyclic amines) is 1. The quantitative estimate of drug-likeness (QED) is 0.831. The molecule has 3 unspecified atom stereocenters. The molecule has 2 fully saturated rings. The lowest BCUT2D eigenvalue weighted by Crippen LogP contribution is -2.46. The van der Waals surface area contributed by atoms with E-state index in [4.69, 9.17) is 0 Å². The van der Waals surface area contributed by atoms with Gasteiger partial charge in [0.25, 0.3) is 0 Å². The maximum absolute atomic E-state index is 11.7. The normalized spacial score (nSPS) is 31.5. The Morgan fingerprint density at radius 3 is 2.53 bits per heavy atom. The van der Waals surface area contributed by atoms with Crippen LogP contribution in [0.2, 0.25) is 0 Å². The lowest BCUT2D eigenvalue weighted by molar-refractivity contribution is 0.267. The summed E-state index contributed by atoms with van der Waals surface area (Å²) in [5, 5.41) is 3.51. The monoisotopic (exact) mass is 288 g/mol. The van der Waals surface area contributed by atoms with Gasteiger partial charge in [-0.3, -0.25) is 0 Å². The van der Waals surface area contributed by atoms with Crippen molar-refractivity contribution < 1.29 is 8.42 Å². The van der Waals surface area contributed by atoms with Gasteiger partial charge in [-0.1, -0.05) is 6.42 Å². The minimum absolute atomic E-state index is 0.127. The van der Waals surface area contributed by atoms with Crippen molar-refractivity contribution in [2.75, 3.05) is 25.9 Å². The van der Waals surface area contributed by atoms with Crippen molar-refractivity contribution in [3.63, 3.8) is 0 Å². The zero-order chi connectivity index (χ0) is 13.9. The van der Waals surface area contributed by atoms with Crippen LogP contribution in [-0.2, 0) is 9.84 Å². The Labute approximate surface area is 117 Å². The standard InChI is InChI=1S/C14H28N2O2S/c1-12(11-16-8-3-4-9-16)15-13-6-5-7-14(10-13)19(2,17)18/h12-15H,3-11H2,1-2H3. The van der Waals surface area contributed by atoms with Crippen molar-refractivity contribution in [1.82, 2.24) is 10.2 Å². The molecule has 1 aliphatic carbocycles. The number of hydrogen-bond acceptors (Lipinski definition) is 4. The van der Waals surface area contributed by atoms with E-state index >= 15 is 0 Å². The average Bonchev–Trinajstić information content (AvgIpc) is 2.80. The molecule has 1 saturated carbocycles. The fraction of sp³-hybridized carbons (Fsp3) is 1.00. The number of sulfone groups is 1. The van der Waals surface area contributed by atoms with E-state index in [9.17, 15) is 8.42 Å². The first-order chi connectivity index (χ1) is 8.95. The predicted molar refractivity (Wildman–Crippen MR) is 79.2 cm³/mol. The minimum atomic E-state index is -2.87. The van der Waals surface area contributed by atoms with Gasteiger partial charge in [0.15, 0.2) is 0 Å². The van der Waals surface area contributed by atoms with Crippen molar-refractivity contribution in [1.29, 1.82) is 0 Å². The van der Waals surface area contributed by atoms with Crippen LogP contribution in [0, 0.1) is 0 Å². The van der Waals surface area contributed by atoms with Gasteiger partial charge in [-0.25, -0.2) is 8.42 Å². The Bertz CT molecular complexity index is 377. The van der Waals surface area contributed by atoms with E-state index in [1.807, 2.05) is 0 Å². The van der Waals surface area contributed by atoms with Gasteiger partial charge < -0.3 is 10.2 Å². The Kier molecular flexibility index (Phi) is 5.26. The van der Waals surface area contributed by atoms with Crippen LogP contribution in [0.15, 0.2) is 0 Å². The van der Waals surface area contributed by atoms with Gasteiger partial charge in [0.05, 0.1) is 5.25 Å². The van der Waals surface area contributed by atoms with Crippen LogP contribution in [0.4, 0.5) is 0 Å². The summed E-state index contributed by atoms with van der Waals surface area (Å²) >= 11 is 0. The van der Waals surface area contributed by atoms with E-state index < -0.39 is 9.84 Å². The number of nitrogens with zero attached hydrogens (tertiary/aromatic N) is 1. The van der Waals surface area contributed by atoms with E-state index in [1.54, 1.807) is 0 Å². The molecular weight excluding hydrogens is 260 g/mol. The molecular formula is C14H28N2O2S. The molecule has 0 spiro atoms. The van der Waals surface area contributed by atoms with Gasteiger partial charge in [0, 0.05) is 24.9 Å². The topological polar surface area (TPSA) is 49.4 Å². The van der Waals surface area contributed by atoms with Crippen LogP contribution < -0.4 is 5.32 Å². The fourth-order valence-corrected chi connectivity index (χ4v) is 4.67. The molecule has 3 atom stereocenters. The Balaban J connectivity index is 1.78. The molecule has 19 heavy (non-hydrogen) atoms. The summed E-state index contributed by atoms with van der Waals surface area (Å²) in [6.07, 6.45) is 7.83. The number of hydrogen-bond donors (Lipinski definition) is 1. The summed E-state index contributed by atoms with van der Waals surface area (Å²) in [6.45, 7) is 5.77. The van der Waals surface area contributed by atoms with Crippen molar-refractivity contribution in [3.8, 4) is 0 Å². The smallest absolute Gasteiger partial charge is 0.150 e. The summed E-state index contributed by atoms with van der Waals surface area (Å²) in [5.74, 6) is 0. The Hall–Kier alpha value is -0.130. The molecule has 0 radical (unpaired) electrons. The zero-order valence-corrected chi connectivity index (χ0v) is 13.1. The summed E-state index contributed by atoms with van der Waals surface area (Å²) in [6, 6.07) is 0.840. The molecule has 0 amide bonds. The van der Waals surface area contributed by atoms with Gasteiger partial charge in [-0.2, -0.15) is 0 Å². The summed E-state index contributed by atoms with van der Waals surface area (Å²) < 4.78 is 23.3. The van der Waals surface area contributed by atoms with E-state index in [-0.39, 0.29) is 5.25 Å². The first kappa shape index (κ1) is 15.3. The lowest BCUT2D eigenvalue weighted by atomic mass is 9.94. The van der Waals surface area contributed by atoms with Gasteiger partial charge >= 0.3 is 0 Å². The third kappa shape index (κ3) is 4.72. The second-order valence-corrected chi connectivity index (χ2v) is 8.72. The van der Waals surface area contributed by atoms with Crippen LogP contribution in [0.3, 0.4) is 0 Å². The van der Waals surface area contributed by atoms with Crippen LogP contribution >= 0.6 is 0 Å². The third-order valence-corrected chi connectivity index (χ3v) is 6.12. The maximum Gasteiger partial charge on any atom is 0.150 e. The van der Waals surface area contributed by atoms with Crippen LogP contribution in [0.25, 0.3) is 0 Å². The van der Waals surface area contributed by atoms with Crippen molar-refractivity contribution in [2.45, 2.75) is 62.8 Å².